The lowest BCUT2D eigenvalue weighted by Gasteiger charge is -2.34. The number of sulfonamides is 1. The summed E-state index contributed by atoms with van der Waals surface area (Å²) in [6, 6.07) is 8.13. The molecule has 0 bridgehead atoms. The van der Waals surface area contributed by atoms with Crippen LogP contribution in [-0.4, -0.2) is 41.4 Å². The molecular weight excluding hydrogens is 454 g/mol. The van der Waals surface area contributed by atoms with Crippen molar-refractivity contribution in [2.45, 2.75) is 43.5 Å². The minimum atomic E-state index is -3.66. The van der Waals surface area contributed by atoms with Crippen LogP contribution in [0.15, 0.2) is 51.8 Å². The molecule has 3 aromatic rings. The Morgan fingerprint density at radius 2 is 1.91 bits per heavy atom. The summed E-state index contributed by atoms with van der Waals surface area (Å²) in [6.07, 6.45) is 3.41. The van der Waals surface area contributed by atoms with Crippen LogP contribution < -0.4 is 5.32 Å². The van der Waals surface area contributed by atoms with Gasteiger partial charge in [-0.05, 0) is 55.7 Å². The Labute approximate surface area is 189 Å². The number of rotatable bonds is 6. The average Bonchev–Trinajstić information content (AvgIpc) is 3.27. The first kappa shape index (κ1) is 23.0. The summed E-state index contributed by atoms with van der Waals surface area (Å²) in [5.74, 6) is -2.47. The lowest BCUT2D eigenvalue weighted by Crippen LogP contribution is -2.43. The Hall–Kier alpha value is -3.18. The lowest BCUT2D eigenvalue weighted by atomic mass is 10.0. The molecule has 1 saturated heterocycles. The third-order valence-electron chi connectivity index (χ3n) is 5.57. The summed E-state index contributed by atoms with van der Waals surface area (Å²) < 4.78 is 59.8. The zero-order valence-corrected chi connectivity index (χ0v) is 18.6. The molecule has 2 aromatic carbocycles. The zero-order valence-electron chi connectivity index (χ0n) is 17.8. The maximum Gasteiger partial charge on any atom is 0.322 e. The third kappa shape index (κ3) is 4.79. The van der Waals surface area contributed by atoms with E-state index in [9.17, 15) is 22.0 Å². The highest BCUT2D eigenvalue weighted by Crippen LogP contribution is 2.27. The highest BCUT2D eigenvalue weighted by atomic mass is 32.2. The number of anilines is 1. The Kier molecular flexibility index (Phi) is 6.52. The second-order valence-corrected chi connectivity index (χ2v) is 9.58. The van der Waals surface area contributed by atoms with Gasteiger partial charge < -0.3 is 4.42 Å². The van der Waals surface area contributed by atoms with E-state index in [4.69, 9.17) is 4.42 Å². The second kappa shape index (κ2) is 9.36. The molecule has 174 valence electrons. The van der Waals surface area contributed by atoms with Gasteiger partial charge in [-0.15, -0.1) is 5.10 Å². The van der Waals surface area contributed by atoms with Gasteiger partial charge in [-0.2, -0.15) is 4.31 Å². The van der Waals surface area contributed by atoms with Crippen LogP contribution >= 0.6 is 0 Å². The SMILES string of the molecule is CCC1CCCCN1S(=O)(=O)c1ccc(C(=O)Nc2nnc(-c3ccc(F)cc3F)o2)cc1. The van der Waals surface area contributed by atoms with Crippen molar-refractivity contribution in [3.05, 3.63) is 59.7 Å². The van der Waals surface area contributed by atoms with Crippen LogP contribution in [0.3, 0.4) is 0 Å². The predicted octanol–water partition coefficient (Wildman–Crippen LogP) is 4.22. The smallest absolute Gasteiger partial charge is 0.322 e. The zero-order chi connectivity index (χ0) is 23.6. The quantitative estimate of drug-likeness (QED) is 0.571. The number of hydrogen-bond acceptors (Lipinski definition) is 6. The Morgan fingerprint density at radius 3 is 2.61 bits per heavy atom. The van der Waals surface area contributed by atoms with Gasteiger partial charge in [-0.3, -0.25) is 10.1 Å². The van der Waals surface area contributed by atoms with Crippen LogP contribution in [0.4, 0.5) is 14.8 Å². The van der Waals surface area contributed by atoms with Gasteiger partial charge in [0.15, 0.2) is 0 Å². The maximum absolute atomic E-state index is 13.9. The van der Waals surface area contributed by atoms with Crippen LogP contribution in [-0.2, 0) is 10.0 Å². The van der Waals surface area contributed by atoms with Crippen molar-refractivity contribution in [1.29, 1.82) is 0 Å². The highest BCUT2D eigenvalue weighted by molar-refractivity contribution is 7.89. The van der Waals surface area contributed by atoms with E-state index >= 15 is 0 Å². The van der Waals surface area contributed by atoms with Crippen molar-refractivity contribution >= 4 is 21.9 Å². The van der Waals surface area contributed by atoms with Crippen molar-refractivity contribution in [1.82, 2.24) is 14.5 Å². The normalized spacial score (nSPS) is 17.1. The summed E-state index contributed by atoms with van der Waals surface area (Å²) in [5, 5.41) is 9.69. The molecule has 0 radical (unpaired) electrons. The van der Waals surface area contributed by atoms with E-state index in [1.54, 1.807) is 4.31 Å². The number of carbonyl (C=O) groups is 1. The first-order valence-corrected chi connectivity index (χ1v) is 12.0. The van der Waals surface area contributed by atoms with Gasteiger partial charge in [0.25, 0.3) is 11.8 Å². The van der Waals surface area contributed by atoms with Gasteiger partial charge in [0.05, 0.1) is 10.5 Å². The molecule has 4 rings (SSSR count). The number of piperidine rings is 1. The van der Waals surface area contributed by atoms with Crippen molar-refractivity contribution < 1.29 is 26.4 Å². The van der Waals surface area contributed by atoms with E-state index in [1.165, 1.54) is 24.3 Å². The number of nitrogens with one attached hydrogen (secondary N) is 1. The van der Waals surface area contributed by atoms with E-state index in [0.29, 0.717) is 12.6 Å². The molecule has 0 saturated carbocycles. The van der Waals surface area contributed by atoms with Crippen LogP contribution in [0.5, 0.6) is 0 Å². The standard InChI is InChI=1S/C22H22F2N4O4S/c1-2-16-5-3-4-12-28(16)33(30,31)17-9-6-14(7-10-17)20(29)25-22-27-26-21(32-22)18-11-8-15(23)13-19(18)24/h6-11,13,16H,2-5,12H2,1H3,(H,25,27,29). The fourth-order valence-corrected chi connectivity index (χ4v) is 5.59. The Morgan fingerprint density at radius 1 is 1.15 bits per heavy atom. The fraction of sp³-hybridized carbons (Fsp3) is 0.318. The monoisotopic (exact) mass is 476 g/mol. The molecule has 1 unspecified atom stereocenters. The van der Waals surface area contributed by atoms with E-state index in [1.807, 2.05) is 6.92 Å². The maximum atomic E-state index is 13.9. The van der Waals surface area contributed by atoms with Crippen LogP contribution in [0.1, 0.15) is 43.0 Å². The van der Waals surface area contributed by atoms with Crippen molar-refractivity contribution in [2.75, 3.05) is 11.9 Å². The minimum Gasteiger partial charge on any atom is -0.403 e. The van der Waals surface area contributed by atoms with Crippen LogP contribution in [0, 0.1) is 11.6 Å². The van der Waals surface area contributed by atoms with Gasteiger partial charge in [-0.1, -0.05) is 18.4 Å². The first-order chi connectivity index (χ1) is 15.8. The number of halogens is 2. The molecule has 1 aliphatic heterocycles. The van der Waals surface area contributed by atoms with Crippen molar-refractivity contribution in [3.63, 3.8) is 0 Å². The molecule has 8 nitrogen and oxygen atoms in total. The summed E-state index contributed by atoms with van der Waals surface area (Å²) in [6.45, 7) is 2.45. The first-order valence-electron chi connectivity index (χ1n) is 10.5. The number of aromatic nitrogens is 2. The van der Waals surface area contributed by atoms with Gasteiger partial charge in [0.1, 0.15) is 11.6 Å². The summed E-state index contributed by atoms with van der Waals surface area (Å²) in [7, 11) is -3.66. The van der Waals surface area contributed by atoms with Gasteiger partial charge in [0, 0.05) is 24.2 Å². The molecule has 11 heteroatoms. The fourth-order valence-electron chi connectivity index (χ4n) is 3.83. The highest BCUT2D eigenvalue weighted by Gasteiger charge is 2.32. The van der Waals surface area contributed by atoms with E-state index in [2.05, 4.69) is 15.5 Å². The number of hydrogen-bond donors (Lipinski definition) is 1. The van der Waals surface area contributed by atoms with Crippen molar-refractivity contribution in [2.24, 2.45) is 0 Å². The van der Waals surface area contributed by atoms with Crippen LogP contribution in [0.2, 0.25) is 0 Å². The molecule has 2 heterocycles. The summed E-state index contributed by atoms with van der Waals surface area (Å²) in [4.78, 5) is 12.6. The molecule has 1 fully saturated rings. The number of benzene rings is 2. The van der Waals surface area contributed by atoms with Crippen LogP contribution in [0.25, 0.3) is 11.5 Å². The molecule has 33 heavy (non-hydrogen) atoms. The molecular formula is C22H22F2N4O4S. The number of amides is 1. The van der Waals surface area contributed by atoms with E-state index < -0.39 is 27.6 Å². The third-order valence-corrected chi connectivity index (χ3v) is 7.54. The van der Waals surface area contributed by atoms with Gasteiger partial charge >= 0.3 is 6.01 Å². The second-order valence-electron chi connectivity index (χ2n) is 7.69. The number of nitrogens with zero attached hydrogens (tertiary/aromatic N) is 3. The average molecular weight is 477 g/mol. The molecule has 1 amide bonds. The molecule has 1 atom stereocenters. The van der Waals surface area contributed by atoms with Crippen molar-refractivity contribution in [3.8, 4) is 11.5 Å². The minimum absolute atomic E-state index is 0.0237. The van der Waals surface area contributed by atoms with E-state index in [-0.39, 0.29) is 34.0 Å². The largest absolute Gasteiger partial charge is 0.403 e. The Balaban J connectivity index is 1.47. The van der Waals surface area contributed by atoms with Gasteiger partial charge in [-0.25, -0.2) is 17.2 Å². The molecule has 0 aliphatic carbocycles. The lowest BCUT2D eigenvalue weighted by molar-refractivity contribution is 0.102. The Bertz CT molecular complexity index is 1260. The predicted molar refractivity (Wildman–Crippen MR) is 116 cm³/mol. The van der Waals surface area contributed by atoms with E-state index in [0.717, 1.165) is 37.8 Å². The molecule has 1 aromatic heterocycles. The molecule has 1 N–H and O–H groups in total. The molecule has 1 aliphatic rings. The number of carbonyl (C=O) groups excluding carboxylic acids is 1. The molecule has 0 spiro atoms. The summed E-state index contributed by atoms with van der Waals surface area (Å²) in [5.41, 5.74) is 0.0643. The topological polar surface area (TPSA) is 105 Å². The summed E-state index contributed by atoms with van der Waals surface area (Å²) >= 11 is 0. The van der Waals surface area contributed by atoms with Gasteiger partial charge in [0.2, 0.25) is 10.0 Å².